The van der Waals surface area contributed by atoms with Crippen molar-refractivity contribution in [2.45, 2.75) is 25.4 Å². The third kappa shape index (κ3) is 3.27. The van der Waals surface area contributed by atoms with E-state index in [0.717, 1.165) is 0 Å². The zero-order valence-corrected chi connectivity index (χ0v) is 13.6. The first kappa shape index (κ1) is 16.1. The van der Waals surface area contributed by atoms with E-state index in [0.29, 0.717) is 16.0 Å². The summed E-state index contributed by atoms with van der Waals surface area (Å²) in [5.74, 6) is -0.241. The Bertz CT molecular complexity index is 873. The number of carbonyl (C=O) groups is 3. The summed E-state index contributed by atoms with van der Waals surface area (Å²) in [6, 6.07) is 0.522. The summed E-state index contributed by atoms with van der Waals surface area (Å²) < 4.78 is 0.552. The van der Waals surface area contributed by atoms with Crippen molar-refractivity contribution in [3.05, 3.63) is 27.6 Å². The number of urea groups is 1. The third-order valence-corrected chi connectivity index (χ3v) is 4.58. The summed E-state index contributed by atoms with van der Waals surface area (Å²) in [6.45, 7) is 0.156. The van der Waals surface area contributed by atoms with E-state index in [1.807, 2.05) is 0 Å². The van der Waals surface area contributed by atoms with Gasteiger partial charge < -0.3 is 15.2 Å². The molecule has 9 nitrogen and oxygen atoms in total. The Balaban J connectivity index is 1.60. The van der Waals surface area contributed by atoms with Gasteiger partial charge in [0.15, 0.2) is 0 Å². The van der Waals surface area contributed by atoms with E-state index in [4.69, 9.17) is 0 Å². The van der Waals surface area contributed by atoms with Crippen LogP contribution >= 0.6 is 11.3 Å². The number of nitrogens with zero attached hydrogens (tertiary/aromatic N) is 2. The van der Waals surface area contributed by atoms with Gasteiger partial charge in [0.05, 0.1) is 12.1 Å². The molecule has 2 aromatic heterocycles. The van der Waals surface area contributed by atoms with Gasteiger partial charge in [-0.25, -0.2) is 9.78 Å². The van der Waals surface area contributed by atoms with Crippen LogP contribution < -0.4 is 16.2 Å². The average molecular weight is 349 g/mol. The number of hydrogen-bond acceptors (Lipinski definition) is 6. The first-order valence-corrected chi connectivity index (χ1v) is 8.13. The topological polar surface area (TPSA) is 124 Å². The Hall–Kier alpha value is -2.75. The maximum atomic E-state index is 12.2. The smallest absolute Gasteiger partial charge is 0.322 e. The maximum absolute atomic E-state index is 12.2. The van der Waals surface area contributed by atoms with Crippen LogP contribution in [0.1, 0.15) is 18.7 Å². The summed E-state index contributed by atoms with van der Waals surface area (Å²) in [7, 11) is 1.59. The van der Waals surface area contributed by atoms with Gasteiger partial charge in [-0.15, -0.1) is 11.3 Å². The Labute approximate surface area is 140 Å². The Morgan fingerprint density at radius 2 is 2.17 bits per heavy atom. The van der Waals surface area contributed by atoms with Crippen molar-refractivity contribution in [3.8, 4) is 0 Å². The Morgan fingerprint density at radius 1 is 1.38 bits per heavy atom. The van der Waals surface area contributed by atoms with Gasteiger partial charge >= 0.3 is 6.03 Å². The first-order chi connectivity index (χ1) is 11.4. The van der Waals surface area contributed by atoms with Crippen LogP contribution in [-0.2, 0) is 16.1 Å². The minimum Gasteiger partial charge on any atom is -0.338 e. The van der Waals surface area contributed by atoms with Crippen molar-refractivity contribution in [3.63, 3.8) is 0 Å². The van der Waals surface area contributed by atoms with Gasteiger partial charge in [0.25, 0.3) is 11.5 Å². The zero-order valence-electron chi connectivity index (χ0n) is 12.8. The van der Waals surface area contributed by atoms with Crippen LogP contribution in [-0.4, -0.2) is 45.8 Å². The summed E-state index contributed by atoms with van der Waals surface area (Å²) in [5.41, 5.74) is 0.376. The molecule has 0 radical (unpaired) electrons. The molecule has 0 spiro atoms. The molecule has 3 rings (SSSR count). The molecular weight excluding hydrogens is 334 g/mol. The largest absolute Gasteiger partial charge is 0.338 e. The molecule has 0 aromatic carbocycles. The number of H-pyrrole nitrogens is 1. The molecule has 1 aliphatic rings. The van der Waals surface area contributed by atoms with Crippen LogP contribution in [0, 0.1) is 0 Å². The zero-order chi connectivity index (χ0) is 17.3. The lowest BCUT2D eigenvalue weighted by Gasteiger charge is -2.17. The van der Waals surface area contributed by atoms with E-state index in [9.17, 15) is 19.2 Å². The van der Waals surface area contributed by atoms with E-state index < -0.39 is 18.0 Å². The summed E-state index contributed by atoms with van der Waals surface area (Å²) in [5, 5.41) is 6.35. The van der Waals surface area contributed by atoms with Gasteiger partial charge in [-0.2, -0.15) is 0 Å². The van der Waals surface area contributed by atoms with Gasteiger partial charge in [0.1, 0.15) is 16.6 Å². The van der Waals surface area contributed by atoms with E-state index in [2.05, 4.69) is 20.6 Å². The predicted octanol–water partition coefficient (Wildman–Crippen LogP) is -0.0688. The van der Waals surface area contributed by atoms with Crippen LogP contribution in [0.25, 0.3) is 10.2 Å². The molecule has 3 N–H and O–H groups in total. The number of nitrogens with one attached hydrogen (secondary N) is 3. The summed E-state index contributed by atoms with van der Waals surface area (Å²) >= 11 is 1.31. The molecule has 3 heterocycles. The van der Waals surface area contributed by atoms with Gasteiger partial charge in [-0.3, -0.25) is 19.7 Å². The molecule has 0 aliphatic carbocycles. The van der Waals surface area contributed by atoms with Gasteiger partial charge in [0.2, 0.25) is 5.91 Å². The van der Waals surface area contributed by atoms with Gasteiger partial charge in [0, 0.05) is 13.5 Å². The highest BCUT2D eigenvalue weighted by molar-refractivity contribution is 7.17. The number of aromatic amines is 1. The van der Waals surface area contributed by atoms with Crippen LogP contribution in [0.15, 0.2) is 16.2 Å². The van der Waals surface area contributed by atoms with Crippen molar-refractivity contribution >= 4 is 39.4 Å². The molecule has 126 valence electrons. The highest BCUT2D eigenvalue weighted by atomic mass is 32.1. The highest BCUT2D eigenvalue weighted by Gasteiger charge is 2.29. The fourth-order valence-corrected chi connectivity index (χ4v) is 3.16. The fourth-order valence-electron chi connectivity index (χ4n) is 2.43. The van der Waals surface area contributed by atoms with Crippen molar-refractivity contribution in [1.82, 2.24) is 25.5 Å². The van der Waals surface area contributed by atoms with Gasteiger partial charge in [-0.05, 0) is 17.9 Å². The number of fused-ring (bicyclic) bond motifs is 1. The van der Waals surface area contributed by atoms with Crippen LogP contribution in [0.2, 0.25) is 0 Å². The van der Waals surface area contributed by atoms with Crippen molar-refractivity contribution < 1.29 is 14.4 Å². The quantitative estimate of drug-likeness (QED) is 0.652. The molecule has 1 atom stereocenters. The Kier molecular flexibility index (Phi) is 4.30. The van der Waals surface area contributed by atoms with E-state index >= 15 is 0 Å². The van der Waals surface area contributed by atoms with E-state index in [1.54, 1.807) is 18.5 Å². The second-order valence-electron chi connectivity index (χ2n) is 5.45. The first-order valence-electron chi connectivity index (χ1n) is 7.26. The third-order valence-electron chi connectivity index (χ3n) is 3.68. The predicted molar refractivity (Wildman–Crippen MR) is 86.4 cm³/mol. The van der Waals surface area contributed by atoms with Crippen molar-refractivity contribution in [1.29, 1.82) is 0 Å². The van der Waals surface area contributed by atoms with Crippen LogP contribution in [0.4, 0.5) is 4.79 Å². The Morgan fingerprint density at radius 3 is 2.88 bits per heavy atom. The molecule has 24 heavy (non-hydrogen) atoms. The van der Waals surface area contributed by atoms with Crippen molar-refractivity contribution in [2.75, 3.05) is 7.05 Å². The molecule has 0 unspecified atom stereocenters. The molecule has 1 fully saturated rings. The molecule has 1 saturated heterocycles. The number of aromatic nitrogens is 2. The van der Waals surface area contributed by atoms with Crippen molar-refractivity contribution in [2.24, 2.45) is 0 Å². The summed E-state index contributed by atoms with van der Waals surface area (Å²) in [4.78, 5) is 54.9. The summed E-state index contributed by atoms with van der Waals surface area (Å²) in [6.07, 6.45) is 0.314. The van der Waals surface area contributed by atoms with E-state index in [-0.39, 0.29) is 30.9 Å². The minimum atomic E-state index is -0.685. The number of thiophene rings is 1. The SMILES string of the molecule is CN(Cc1nc2ccsc2c(=O)[nH]1)C(=O)CC[C@H]1NC(=O)NC1=O. The second-order valence-corrected chi connectivity index (χ2v) is 6.37. The standard InChI is InChI=1S/C14H15N5O4S/c1-19(10(20)3-2-8-12(21)18-14(23)16-8)6-9-15-7-4-5-24-11(7)13(22)17-9/h4-5,8H,2-3,6H2,1H3,(H,15,17,22)(H2,16,18,21,23)/t8-/m1/s1. The lowest BCUT2D eigenvalue weighted by Crippen LogP contribution is -2.33. The molecule has 0 saturated carbocycles. The number of rotatable bonds is 5. The molecule has 0 bridgehead atoms. The lowest BCUT2D eigenvalue weighted by atomic mass is 10.1. The average Bonchev–Trinajstić information content (AvgIpc) is 3.11. The lowest BCUT2D eigenvalue weighted by molar-refractivity contribution is -0.130. The molecule has 4 amide bonds. The van der Waals surface area contributed by atoms with E-state index in [1.165, 1.54) is 16.2 Å². The fraction of sp³-hybridized carbons (Fsp3) is 0.357. The highest BCUT2D eigenvalue weighted by Crippen LogP contribution is 2.14. The van der Waals surface area contributed by atoms with Gasteiger partial charge in [-0.1, -0.05) is 0 Å². The molecule has 1 aliphatic heterocycles. The molecule has 10 heteroatoms. The second kappa shape index (κ2) is 6.40. The minimum absolute atomic E-state index is 0.0970. The number of hydrogen-bond donors (Lipinski definition) is 3. The number of amides is 4. The number of carbonyl (C=O) groups excluding carboxylic acids is 3. The molecule has 2 aromatic rings. The normalized spacial score (nSPS) is 17.0. The maximum Gasteiger partial charge on any atom is 0.322 e. The molecular formula is C14H15N5O4S. The van der Waals surface area contributed by atoms with Crippen LogP contribution in [0.5, 0.6) is 0 Å². The number of imide groups is 1. The van der Waals surface area contributed by atoms with Crippen LogP contribution in [0.3, 0.4) is 0 Å². The monoisotopic (exact) mass is 349 g/mol.